The highest BCUT2D eigenvalue weighted by Gasteiger charge is 2.20. The lowest BCUT2D eigenvalue weighted by Gasteiger charge is -2.28. The molecule has 0 fully saturated rings. The molecule has 0 amide bonds. The van der Waals surface area contributed by atoms with Crippen molar-refractivity contribution in [2.75, 3.05) is 25.6 Å². The Kier molecular flexibility index (Phi) is 13.3. The molecule has 36 heavy (non-hydrogen) atoms. The summed E-state index contributed by atoms with van der Waals surface area (Å²) in [7, 11) is 1.68. The largest absolute Gasteiger partial charge is 0.494 e. The lowest BCUT2D eigenvalue weighted by molar-refractivity contribution is 0.0929. The monoisotopic (exact) mass is 498 g/mol. The van der Waals surface area contributed by atoms with Crippen LogP contribution in [0.15, 0.2) is 65.9 Å². The van der Waals surface area contributed by atoms with E-state index in [0.29, 0.717) is 36.9 Å². The predicted octanol–water partition coefficient (Wildman–Crippen LogP) is 4.15. The number of nitrogens with two attached hydrogens (primary N) is 1. The molecule has 0 spiro atoms. The Morgan fingerprint density at radius 3 is 2.64 bits per heavy atom. The van der Waals surface area contributed by atoms with Gasteiger partial charge in [-0.05, 0) is 50.5 Å². The quantitative estimate of drug-likeness (QED) is 0.146. The zero-order valence-corrected chi connectivity index (χ0v) is 22.6. The van der Waals surface area contributed by atoms with Gasteiger partial charge in [-0.25, -0.2) is 4.99 Å². The molecule has 8 heteroatoms. The molecule has 200 valence electrons. The predicted molar refractivity (Wildman–Crippen MR) is 150 cm³/mol. The Hall–Kier alpha value is -2.65. The SMILES string of the molecule is C=C(C=CC=CC)OCC(C)C(CCC)NC(C)Cc1ccc(NC(CN2C=NC(N)N2)OC)cc1. The van der Waals surface area contributed by atoms with Crippen LogP contribution in [0.2, 0.25) is 0 Å². The Bertz CT molecular complexity index is 854. The molecule has 1 aromatic carbocycles. The fourth-order valence-corrected chi connectivity index (χ4v) is 4.07. The number of anilines is 1. The van der Waals surface area contributed by atoms with Gasteiger partial charge in [0.05, 0.1) is 13.2 Å². The summed E-state index contributed by atoms with van der Waals surface area (Å²) in [5, 5.41) is 9.06. The van der Waals surface area contributed by atoms with E-state index in [9.17, 15) is 0 Å². The number of allylic oxidation sites excluding steroid dienone is 4. The van der Waals surface area contributed by atoms with Crippen LogP contribution in [0.25, 0.3) is 0 Å². The van der Waals surface area contributed by atoms with Crippen LogP contribution < -0.4 is 21.8 Å². The number of aliphatic imine (C=N–C) groups is 1. The molecule has 0 saturated heterocycles. The van der Waals surface area contributed by atoms with Crippen molar-refractivity contribution in [2.24, 2.45) is 16.6 Å². The molecule has 0 bridgehead atoms. The molecule has 1 heterocycles. The van der Waals surface area contributed by atoms with Gasteiger partial charge in [0.1, 0.15) is 18.3 Å². The first-order valence-corrected chi connectivity index (χ1v) is 12.9. The first-order valence-electron chi connectivity index (χ1n) is 12.9. The van der Waals surface area contributed by atoms with Gasteiger partial charge in [0, 0.05) is 30.8 Å². The van der Waals surface area contributed by atoms with Crippen LogP contribution in [0, 0.1) is 5.92 Å². The van der Waals surface area contributed by atoms with E-state index in [-0.39, 0.29) is 6.23 Å². The summed E-state index contributed by atoms with van der Waals surface area (Å²) < 4.78 is 11.5. The second-order valence-electron chi connectivity index (χ2n) is 9.36. The third-order valence-electron chi connectivity index (χ3n) is 6.04. The second kappa shape index (κ2) is 16.2. The minimum Gasteiger partial charge on any atom is -0.494 e. The summed E-state index contributed by atoms with van der Waals surface area (Å²) in [6.07, 6.45) is 12.1. The molecule has 0 saturated carbocycles. The molecule has 1 aliphatic rings. The summed E-state index contributed by atoms with van der Waals surface area (Å²) in [4.78, 5) is 4.09. The van der Waals surface area contributed by atoms with Crippen LogP contribution in [-0.2, 0) is 15.9 Å². The van der Waals surface area contributed by atoms with Crippen molar-refractivity contribution < 1.29 is 9.47 Å². The van der Waals surface area contributed by atoms with E-state index < -0.39 is 6.29 Å². The number of benzene rings is 1. The topological polar surface area (TPSA) is 96.2 Å². The number of methoxy groups -OCH3 is 1. The fourth-order valence-electron chi connectivity index (χ4n) is 4.07. The minimum absolute atomic E-state index is 0.200. The first kappa shape index (κ1) is 29.6. The van der Waals surface area contributed by atoms with Gasteiger partial charge >= 0.3 is 0 Å². The van der Waals surface area contributed by atoms with Gasteiger partial charge in [-0.2, -0.15) is 5.43 Å². The van der Waals surface area contributed by atoms with Crippen LogP contribution in [0.5, 0.6) is 0 Å². The molecule has 1 aliphatic heterocycles. The molecule has 0 aliphatic carbocycles. The Labute approximate surface area is 217 Å². The van der Waals surface area contributed by atoms with Crippen LogP contribution >= 0.6 is 0 Å². The molecule has 5 N–H and O–H groups in total. The van der Waals surface area contributed by atoms with Gasteiger partial charge in [0.25, 0.3) is 0 Å². The summed E-state index contributed by atoms with van der Waals surface area (Å²) in [6, 6.07) is 9.26. The zero-order chi connectivity index (χ0) is 26.3. The number of hydrogen-bond donors (Lipinski definition) is 4. The highest BCUT2D eigenvalue weighted by Crippen LogP contribution is 2.16. The average molecular weight is 499 g/mol. The van der Waals surface area contributed by atoms with Crippen molar-refractivity contribution in [2.45, 2.75) is 71.6 Å². The fraction of sp³-hybridized carbons (Fsp3) is 0.536. The Morgan fingerprint density at radius 2 is 2.03 bits per heavy atom. The Balaban J connectivity index is 1.83. The zero-order valence-electron chi connectivity index (χ0n) is 22.6. The third-order valence-corrected chi connectivity index (χ3v) is 6.04. The number of hydrazine groups is 1. The van der Waals surface area contributed by atoms with Gasteiger partial charge in [-0.15, -0.1) is 0 Å². The average Bonchev–Trinajstić information content (AvgIpc) is 3.27. The maximum absolute atomic E-state index is 5.89. The van der Waals surface area contributed by atoms with Crippen LogP contribution in [0.1, 0.15) is 46.1 Å². The molecule has 1 aromatic rings. The molecular weight excluding hydrogens is 452 g/mol. The molecule has 0 aromatic heterocycles. The van der Waals surface area contributed by atoms with E-state index in [1.54, 1.807) is 13.4 Å². The van der Waals surface area contributed by atoms with Gasteiger partial charge < -0.3 is 20.1 Å². The van der Waals surface area contributed by atoms with E-state index in [1.165, 1.54) is 5.56 Å². The standard InChI is InChI=1S/C28H46N6O2/c1-7-9-10-12-23(5)36-19-21(3)26(11-8-2)31-22(4)17-24-13-15-25(16-14-24)32-27(35-6)18-34-20-30-28(29)33-34/h7,9-10,12-16,20-22,26-28,31-33H,5,8,11,17-19,29H2,1-4,6H3. The Morgan fingerprint density at radius 1 is 1.28 bits per heavy atom. The first-order chi connectivity index (χ1) is 17.3. The summed E-state index contributed by atoms with van der Waals surface area (Å²) in [5.74, 6) is 1.07. The number of nitrogens with zero attached hydrogens (tertiary/aromatic N) is 2. The van der Waals surface area contributed by atoms with E-state index in [4.69, 9.17) is 15.2 Å². The van der Waals surface area contributed by atoms with Crippen LogP contribution in [-0.4, -0.2) is 56.2 Å². The summed E-state index contributed by atoms with van der Waals surface area (Å²) in [5.41, 5.74) is 11.1. The van der Waals surface area contributed by atoms with Gasteiger partial charge in [0.2, 0.25) is 0 Å². The van der Waals surface area contributed by atoms with Crippen LogP contribution in [0.4, 0.5) is 5.69 Å². The van der Waals surface area contributed by atoms with Crippen molar-refractivity contribution in [3.8, 4) is 0 Å². The van der Waals surface area contributed by atoms with Crippen LogP contribution in [0.3, 0.4) is 0 Å². The molecule has 2 rings (SSSR count). The highest BCUT2D eigenvalue weighted by molar-refractivity contribution is 5.56. The molecule has 5 unspecified atom stereocenters. The van der Waals surface area contributed by atoms with Crippen molar-refractivity contribution in [1.82, 2.24) is 15.8 Å². The number of rotatable bonds is 17. The second-order valence-corrected chi connectivity index (χ2v) is 9.36. The molecule has 5 atom stereocenters. The molecule has 0 radical (unpaired) electrons. The van der Waals surface area contributed by atoms with Gasteiger partial charge in [-0.3, -0.25) is 10.7 Å². The smallest absolute Gasteiger partial charge is 0.169 e. The molecule has 8 nitrogen and oxygen atoms in total. The van der Waals surface area contributed by atoms with Crippen molar-refractivity contribution >= 4 is 12.0 Å². The number of nitrogens with one attached hydrogen (secondary N) is 3. The van der Waals surface area contributed by atoms with Crippen molar-refractivity contribution in [3.05, 3.63) is 66.5 Å². The molecular formula is C28H46N6O2. The van der Waals surface area contributed by atoms with E-state index in [1.807, 2.05) is 36.2 Å². The normalized spacial score (nSPS) is 19.1. The lowest BCUT2D eigenvalue weighted by atomic mass is 9.96. The maximum atomic E-state index is 5.89. The van der Waals surface area contributed by atoms with E-state index in [0.717, 1.165) is 24.9 Å². The lowest BCUT2D eigenvalue weighted by Crippen LogP contribution is -2.46. The maximum Gasteiger partial charge on any atom is 0.169 e. The minimum atomic E-state index is -0.394. The summed E-state index contributed by atoms with van der Waals surface area (Å²) >= 11 is 0. The van der Waals surface area contributed by atoms with Gasteiger partial charge in [-0.1, -0.05) is 57.2 Å². The van der Waals surface area contributed by atoms with Crippen molar-refractivity contribution in [3.63, 3.8) is 0 Å². The number of ether oxygens (including phenoxy) is 2. The number of hydrogen-bond acceptors (Lipinski definition) is 8. The third kappa shape index (κ3) is 11.0. The van der Waals surface area contributed by atoms with Gasteiger partial charge in [0.15, 0.2) is 6.29 Å². The highest BCUT2D eigenvalue weighted by atomic mass is 16.5. The summed E-state index contributed by atoms with van der Waals surface area (Å²) in [6.45, 7) is 13.9. The van der Waals surface area contributed by atoms with Crippen molar-refractivity contribution in [1.29, 1.82) is 0 Å². The van der Waals surface area contributed by atoms with E-state index >= 15 is 0 Å². The van der Waals surface area contributed by atoms with E-state index in [2.05, 4.69) is 72.7 Å².